The number of aliphatic hydroxyl groups excluding tert-OH is 1. The first-order valence-electron chi connectivity index (χ1n) is 8.30. The van der Waals surface area contributed by atoms with E-state index in [1.54, 1.807) is 0 Å². The topological polar surface area (TPSA) is 38.7 Å². The maximum Gasteiger partial charge on any atom is 0.157 e. The molecule has 1 rings (SSSR count). The Morgan fingerprint density at radius 1 is 1.33 bits per heavy atom. The quantitative estimate of drug-likeness (QED) is 0.507. The molecule has 0 aromatic rings. The first kappa shape index (κ1) is 18.4. The van der Waals surface area contributed by atoms with Crippen LogP contribution in [0.3, 0.4) is 0 Å². The molecule has 0 aromatic heterocycles. The van der Waals surface area contributed by atoms with Crippen LogP contribution in [0.5, 0.6) is 0 Å². The molecule has 0 bridgehead atoms. The molecule has 0 aromatic carbocycles. The normalized spacial score (nSPS) is 21.1. The summed E-state index contributed by atoms with van der Waals surface area (Å²) in [6, 6.07) is 0. The van der Waals surface area contributed by atoms with Crippen LogP contribution in [0.2, 0.25) is 0 Å². The molecule has 0 aliphatic carbocycles. The zero-order valence-corrected chi connectivity index (χ0v) is 13.9. The van der Waals surface area contributed by atoms with E-state index in [-0.39, 0.29) is 12.4 Å². The predicted octanol–water partition coefficient (Wildman–Crippen LogP) is 4.36. The first-order chi connectivity index (χ1) is 10.1. The van der Waals surface area contributed by atoms with Crippen molar-refractivity contribution < 1.29 is 14.6 Å². The third-order valence-corrected chi connectivity index (χ3v) is 3.65. The van der Waals surface area contributed by atoms with Gasteiger partial charge in [-0.3, -0.25) is 0 Å². The van der Waals surface area contributed by atoms with Crippen molar-refractivity contribution in [3.05, 3.63) is 23.3 Å². The minimum atomic E-state index is -0.354. The Kier molecular flexibility index (Phi) is 9.64. The van der Waals surface area contributed by atoms with Gasteiger partial charge >= 0.3 is 0 Å². The number of hydrogen-bond donors (Lipinski definition) is 1. The second kappa shape index (κ2) is 11.0. The summed E-state index contributed by atoms with van der Waals surface area (Å²) < 4.78 is 11.2. The highest BCUT2D eigenvalue weighted by Crippen LogP contribution is 2.15. The summed E-state index contributed by atoms with van der Waals surface area (Å²) in [5, 5.41) is 9.99. The van der Waals surface area contributed by atoms with Crippen LogP contribution < -0.4 is 0 Å². The van der Waals surface area contributed by atoms with Crippen LogP contribution in [0, 0.1) is 0 Å². The van der Waals surface area contributed by atoms with Crippen molar-refractivity contribution in [2.24, 2.45) is 0 Å². The molecule has 0 spiro atoms. The average molecular weight is 296 g/mol. The van der Waals surface area contributed by atoms with Crippen molar-refractivity contribution in [3.63, 3.8) is 0 Å². The molecule has 3 nitrogen and oxygen atoms in total. The summed E-state index contributed by atoms with van der Waals surface area (Å²) in [6.07, 6.45) is 10.9. The van der Waals surface area contributed by atoms with E-state index in [0.717, 1.165) is 45.1 Å². The van der Waals surface area contributed by atoms with E-state index >= 15 is 0 Å². The molecule has 1 fully saturated rings. The van der Waals surface area contributed by atoms with Gasteiger partial charge in [0.2, 0.25) is 0 Å². The summed E-state index contributed by atoms with van der Waals surface area (Å²) in [4.78, 5) is 0. The van der Waals surface area contributed by atoms with Gasteiger partial charge in [-0.2, -0.15) is 0 Å². The van der Waals surface area contributed by atoms with Crippen molar-refractivity contribution in [1.29, 1.82) is 0 Å². The number of hydrogen-bond acceptors (Lipinski definition) is 3. The fraction of sp³-hybridized carbons (Fsp3) is 0.778. The Labute approximate surface area is 130 Å². The molecular formula is C18H32O3. The van der Waals surface area contributed by atoms with E-state index in [4.69, 9.17) is 9.47 Å². The Morgan fingerprint density at radius 2 is 2.14 bits per heavy atom. The van der Waals surface area contributed by atoms with Crippen LogP contribution in [0.15, 0.2) is 23.3 Å². The van der Waals surface area contributed by atoms with Crippen LogP contribution in [0.4, 0.5) is 0 Å². The molecule has 1 N–H and O–H groups in total. The Balaban J connectivity index is 2.08. The molecule has 1 heterocycles. The average Bonchev–Trinajstić information content (AvgIpc) is 2.44. The molecule has 122 valence electrons. The van der Waals surface area contributed by atoms with Crippen LogP contribution in [0.25, 0.3) is 0 Å². The lowest BCUT2D eigenvalue weighted by Gasteiger charge is -2.22. The Hall–Kier alpha value is -0.640. The predicted molar refractivity (Wildman–Crippen MR) is 87.2 cm³/mol. The van der Waals surface area contributed by atoms with Crippen molar-refractivity contribution in [2.75, 3.05) is 13.2 Å². The summed E-state index contributed by atoms with van der Waals surface area (Å²) in [6.45, 7) is 7.82. The zero-order chi connectivity index (χ0) is 15.5. The molecular weight excluding hydrogens is 264 g/mol. The molecule has 1 saturated heterocycles. The van der Waals surface area contributed by atoms with E-state index in [9.17, 15) is 5.11 Å². The molecule has 21 heavy (non-hydrogen) atoms. The Morgan fingerprint density at radius 3 is 2.81 bits per heavy atom. The van der Waals surface area contributed by atoms with Gasteiger partial charge in [0.1, 0.15) is 0 Å². The highest BCUT2D eigenvalue weighted by atomic mass is 16.7. The summed E-state index contributed by atoms with van der Waals surface area (Å²) >= 11 is 0. The minimum absolute atomic E-state index is 0.0164. The van der Waals surface area contributed by atoms with Gasteiger partial charge in [0.25, 0.3) is 0 Å². The standard InChI is InChI=1S/C18H32O3/c1-15(2)8-6-9-16(3)14-17(19)10-7-13-21-18-11-4-5-12-20-18/h8,14,17-19H,4-7,9-13H2,1-3H3. The second-order valence-corrected chi connectivity index (χ2v) is 6.21. The summed E-state index contributed by atoms with van der Waals surface area (Å²) in [7, 11) is 0. The highest BCUT2D eigenvalue weighted by Gasteiger charge is 2.13. The number of rotatable bonds is 9. The van der Waals surface area contributed by atoms with Crippen molar-refractivity contribution in [2.45, 2.75) is 78.1 Å². The molecule has 2 unspecified atom stereocenters. The number of ether oxygens (including phenoxy) is 2. The fourth-order valence-electron chi connectivity index (χ4n) is 2.43. The van der Waals surface area contributed by atoms with Crippen molar-refractivity contribution in [3.8, 4) is 0 Å². The SMILES string of the molecule is CC(C)=CCCC(C)=CC(O)CCCOC1CCCCO1. The molecule has 1 aliphatic heterocycles. The molecule has 1 aliphatic rings. The molecule has 0 saturated carbocycles. The van der Waals surface area contributed by atoms with Gasteiger partial charge in [0.05, 0.1) is 6.10 Å². The van der Waals surface area contributed by atoms with Crippen LogP contribution in [-0.4, -0.2) is 30.7 Å². The molecule has 2 atom stereocenters. The monoisotopic (exact) mass is 296 g/mol. The largest absolute Gasteiger partial charge is 0.389 e. The first-order valence-corrected chi connectivity index (χ1v) is 8.30. The third-order valence-electron chi connectivity index (χ3n) is 3.65. The fourth-order valence-corrected chi connectivity index (χ4v) is 2.43. The van der Waals surface area contributed by atoms with Gasteiger partial charge in [-0.1, -0.05) is 23.3 Å². The second-order valence-electron chi connectivity index (χ2n) is 6.21. The lowest BCUT2D eigenvalue weighted by Crippen LogP contribution is -2.22. The van der Waals surface area contributed by atoms with E-state index in [1.807, 2.05) is 6.08 Å². The van der Waals surface area contributed by atoms with Gasteiger partial charge in [0.15, 0.2) is 6.29 Å². The van der Waals surface area contributed by atoms with Crippen LogP contribution >= 0.6 is 0 Å². The van der Waals surface area contributed by atoms with Gasteiger partial charge in [0, 0.05) is 13.2 Å². The lowest BCUT2D eigenvalue weighted by atomic mass is 10.1. The lowest BCUT2D eigenvalue weighted by molar-refractivity contribution is -0.163. The molecule has 0 amide bonds. The van der Waals surface area contributed by atoms with Crippen molar-refractivity contribution >= 4 is 0 Å². The maximum absolute atomic E-state index is 9.99. The highest BCUT2D eigenvalue weighted by molar-refractivity contribution is 5.04. The van der Waals surface area contributed by atoms with Crippen molar-refractivity contribution in [1.82, 2.24) is 0 Å². The zero-order valence-electron chi connectivity index (χ0n) is 13.9. The van der Waals surface area contributed by atoms with E-state index < -0.39 is 0 Å². The molecule has 3 heteroatoms. The van der Waals surface area contributed by atoms with E-state index in [2.05, 4.69) is 26.8 Å². The van der Waals surface area contributed by atoms with Crippen LogP contribution in [0.1, 0.15) is 65.7 Å². The van der Waals surface area contributed by atoms with Gasteiger partial charge < -0.3 is 14.6 Å². The van der Waals surface area contributed by atoms with E-state index in [0.29, 0.717) is 6.61 Å². The minimum Gasteiger partial charge on any atom is -0.389 e. The summed E-state index contributed by atoms with van der Waals surface area (Å²) in [5.41, 5.74) is 2.61. The van der Waals surface area contributed by atoms with Gasteiger partial charge in [-0.15, -0.1) is 0 Å². The summed E-state index contributed by atoms with van der Waals surface area (Å²) in [5.74, 6) is 0. The smallest absolute Gasteiger partial charge is 0.157 e. The van der Waals surface area contributed by atoms with Crippen LogP contribution in [-0.2, 0) is 9.47 Å². The molecule has 0 radical (unpaired) electrons. The third kappa shape index (κ3) is 9.83. The maximum atomic E-state index is 9.99. The number of allylic oxidation sites excluding steroid dienone is 3. The van der Waals surface area contributed by atoms with E-state index in [1.165, 1.54) is 17.6 Å². The van der Waals surface area contributed by atoms with Gasteiger partial charge in [-0.25, -0.2) is 0 Å². The Bertz CT molecular complexity index is 323. The van der Waals surface area contributed by atoms with Gasteiger partial charge in [-0.05, 0) is 65.7 Å². The number of aliphatic hydroxyl groups is 1.